The zero-order valence-electron chi connectivity index (χ0n) is 17.7. The van der Waals surface area contributed by atoms with Crippen molar-refractivity contribution in [1.29, 1.82) is 0 Å². The summed E-state index contributed by atoms with van der Waals surface area (Å²) >= 11 is 2.79. The molecule has 11 heteroatoms. The summed E-state index contributed by atoms with van der Waals surface area (Å²) in [6, 6.07) is 17.6. The number of hydrogen-bond donors (Lipinski definition) is 1. The van der Waals surface area contributed by atoms with Crippen LogP contribution in [-0.4, -0.2) is 38.0 Å². The number of nitrogens with zero attached hydrogens (tertiary/aromatic N) is 4. The highest BCUT2D eigenvalue weighted by Crippen LogP contribution is 2.33. The van der Waals surface area contributed by atoms with Crippen LogP contribution in [0.1, 0.15) is 6.92 Å². The minimum absolute atomic E-state index is 0.143. The molecule has 0 saturated heterocycles. The molecule has 4 aromatic rings. The summed E-state index contributed by atoms with van der Waals surface area (Å²) in [7, 11) is 1.43. The summed E-state index contributed by atoms with van der Waals surface area (Å²) in [6.45, 7) is 1.73. The van der Waals surface area contributed by atoms with Crippen LogP contribution in [0.2, 0.25) is 0 Å². The zero-order valence-corrected chi connectivity index (χ0v) is 19.3. The fraction of sp³-hybridized carbons (Fsp3) is 0.136. The Hall–Kier alpha value is -3.70. The van der Waals surface area contributed by atoms with Crippen LogP contribution in [0.25, 0.3) is 16.4 Å². The fourth-order valence-corrected chi connectivity index (χ4v) is 4.64. The van der Waals surface area contributed by atoms with Gasteiger partial charge in [-0.2, -0.15) is 0 Å². The number of thioether (sulfide) groups is 1. The number of hydrogen-bond acceptors (Lipinski definition) is 8. The molecule has 0 radical (unpaired) electrons. The molecule has 0 aliphatic heterocycles. The van der Waals surface area contributed by atoms with E-state index in [1.54, 1.807) is 18.3 Å². The van der Waals surface area contributed by atoms with Gasteiger partial charge in [0.2, 0.25) is 5.91 Å². The lowest BCUT2D eigenvalue weighted by molar-refractivity contribution is -0.384. The van der Waals surface area contributed by atoms with Crippen molar-refractivity contribution < 1.29 is 14.5 Å². The lowest BCUT2D eigenvalue weighted by Gasteiger charge is -2.15. The summed E-state index contributed by atoms with van der Waals surface area (Å²) in [4.78, 5) is 24.5. The van der Waals surface area contributed by atoms with Gasteiger partial charge in [0.25, 0.3) is 5.69 Å². The maximum Gasteiger partial charge on any atom is 0.271 e. The van der Waals surface area contributed by atoms with E-state index in [1.165, 1.54) is 37.1 Å². The Labute approximate surface area is 197 Å². The normalized spacial score (nSPS) is 11.7. The second-order valence-corrected chi connectivity index (χ2v) is 9.10. The SMILES string of the molecule is COc1ccc([N+](=O)[O-])cc1NC(=O)C(C)Sc1nnc(-c2cccs2)n1-c1ccccc1. The Bertz CT molecular complexity index is 1280. The van der Waals surface area contributed by atoms with Crippen LogP contribution in [-0.2, 0) is 4.79 Å². The molecule has 9 nitrogen and oxygen atoms in total. The van der Waals surface area contributed by atoms with Gasteiger partial charge in [0, 0.05) is 17.8 Å². The summed E-state index contributed by atoms with van der Waals surface area (Å²) in [5.74, 6) is 0.671. The second kappa shape index (κ2) is 9.84. The molecule has 1 N–H and O–H groups in total. The first-order valence-electron chi connectivity index (χ1n) is 9.82. The molecule has 2 heterocycles. The lowest BCUT2D eigenvalue weighted by Crippen LogP contribution is -2.23. The predicted octanol–water partition coefficient (Wildman–Crippen LogP) is 5.03. The van der Waals surface area contributed by atoms with E-state index in [2.05, 4.69) is 15.5 Å². The summed E-state index contributed by atoms with van der Waals surface area (Å²) in [6.07, 6.45) is 0. The number of aromatic nitrogens is 3. The van der Waals surface area contributed by atoms with Crippen molar-refractivity contribution in [2.75, 3.05) is 12.4 Å². The van der Waals surface area contributed by atoms with Crippen molar-refractivity contribution in [3.8, 4) is 22.1 Å². The minimum Gasteiger partial charge on any atom is -0.495 e. The molecule has 4 rings (SSSR count). The van der Waals surface area contributed by atoms with Gasteiger partial charge in [-0.25, -0.2) is 0 Å². The average Bonchev–Trinajstić information content (AvgIpc) is 3.49. The van der Waals surface area contributed by atoms with E-state index in [-0.39, 0.29) is 17.3 Å². The highest BCUT2D eigenvalue weighted by atomic mass is 32.2. The zero-order chi connectivity index (χ0) is 23.4. The molecule has 1 atom stereocenters. The van der Waals surface area contributed by atoms with Gasteiger partial charge in [-0.3, -0.25) is 19.5 Å². The number of nitro benzene ring substituents is 1. The third-order valence-electron chi connectivity index (χ3n) is 4.69. The van der Waals surface area contributed by atoms with E-state index < -0.39 is 10.2 Å². The number of benzene rings is 2. The largest absolute Gasteiger partial charge is 0.495 e. The van der Waals surface area contributed by atoms with Gasteiger partial charge in [0.15, 0.2) is 11.0 Å². The molecule has 0 aliphatic carbocycles. The van der Waals surface area contributed by atoms with E-state index in [4.69, 9.17) is 4.74 Å². The molecule has 1 amide bonds. The fourth-order valence-electron chi connectivity index (χ4n) is 3.07. The molecule has 0 spiro atoms. The van der Waals surface area contributed by atoms with Gasteiger partial charge in [-0.05, 0) is 36.6 Å². The lowest BCUT2D eigenvalue weighted by atomic mass is 10.2. The number of nitrogens with one attached hydrogen (secondary N) is 1. The van der Waals surface area contributed by atoms with Crippen LogP contribution in [0.15, 0.2) is 71.2 Å². The van der Waals surface area contributed by atoms with Crippen molar-refractivity contribution in [3.63, 3.8) is 0 Å². The number of thiophene rings is 1. The van der Waals surface area contributed by atoms with E-state index in [1.807, 2.05) is 52.4 Å². The van der Waals surface area contributed by atoms with Crippen molar-refractivity contribution >= 4 is 40.4 Å². The first-order valence-corrected chi connectivity index (χ1v) is 11.6. The average molecular weight is 482 g/mol. The molecule has 0 fully saturated rings. The number of carbonyl (C=O) groups is 1. The van der Waals surface area contributed by atoms with Gasteiger partial charge in [0.1, 0.15) is 5.75 Å². The van der Waals surface area contributed by atoms with Crippen LogP contribution in [0.5, 0.6) is 5.75 Å². The summed E-state index contributed by atoms with van der Waals surface area (Å²) in [5, 5.41) is 24.5. The van der Waals surface area contributed by atoms with E-state index in [0.29, 0.717) is 16.7 Å². The molecule has 0 saturated carbocycles. The molecule has 33 heavy (non-hydrogen) atoms. The number of nitro groups is 1. The topological polar surface area (TPSA) is 112 Å². The Kier molecular flexibility index (Phi) is 6.71. The number of methoxy groups -OCH3 is 1. The summed E-state index contributed by atoms with van der Waals surface area (Å²) < 4.78 is 7.14. The number of non-ortho nitro benzene ring substituents is 1. The molecule has 0 aliphatic rings. The van der Waals surface area contributed by atoms with Crippen LogP contribution in [0, 0.1) is 10.1 Å². The number of carbonyl (C=O) groups excluding carboxylic acids is 1. The molecular weight excluding hydrogens is 462 g/mol. The third kappa shape index (κ3) is 4.89. The first kappa shape index (κ1) is 22.5. The van der Waals surface area contributed by atoms with E-state index in [9.17, 15) is 14.9 Å². The number of para-hydroxylation sites is 1. The standard InChI is InChI=1S/C22H19N5O4S2/c1-14(21(28)23-17-13-16(27(29)30)10-11-18(17)31-2)33-22-25-24-20(19-9-6-12-32-19)26(22)15-7-4-3-5-8-15/h3-14H,1-2H3,(H,23,28). The Balaban J connectivity index is 1.60. The second-order valence-electron chi connectivity index (χ2n) is 6.85. The number of amides is 1. The Morgan fingerprint density at radius 2 is 1.97 bits per heavy atom. The van der Waals surface area contributed by atoms with Gasteiger partial charge in [-0.1, -0.05) is 36.0 Å². The number of anilines is 1. The molecule has 1 unspecified atom stereocenters. The third-order valence-corrected chi connectivity index (χ3v) is 6.60. The van der Waals surface area contributed by atoms with Gasteiger partial charge >= 0.3 is 0 Å². The van der Waals surface area contributed by atoms with Crippen LogP contribution < -0.4 is 10.1 Å². The maximum absolute atomic E-state index is 12.9. The molecule has 2 aromatic heterocycles. The minimum atomic E-state index is -0.572. The van der Waals surface area contributed by atoms with E-state index >= 15 is 0 Å². The van der Waals surface area contributed by atoms with Crippen molar-refractivity contribution in [2.24, 2.45) is 0 Å². The van der Waals surface area contributed by atoms with E-state index in [0.717, 1.165) is 10.6 Å². The van der Waals surface area contributed by atoms with Crippen LogP contribution >= 0.6 is 23.1 Å². The quantitative estimate of drug-likeness (QED) is 0.213. The van der Waals surface area contributed by atoms with Crippen LogP contribution in [0.3, 0.4) is 0 Å². The van der Waals surface area contributed by atoms with Crippen molar-refractivity contribution in [3.05, 3.63) is 76.2 Å². The molecule has 2 aromatic carbocycles. The summed E-state index contributed by atoms with van der Waals surface area (Å²) in [5.41, 5.74) is 0.963. The van der Waals surface area contributed by atoms with Crippen LogP contribution in [0.4, 0.5) is 11.4 Å². The smallest absolute Gasteiger partial charge is 0.271 e. The Morgan fingerprint density at radius 1 is 1.18 bits per heavy atom. The molecular formula is C22H19N5O4S2. The Morgan fingerprint density at radius 3 is 2.64 bits per heavy atom. The monoisotopic (exact) mass is 481 g/mol. The van der Waals surface area contributed by atoms with Gasteiger partial charge < -0.3 is 10.1 Å². The van der Waals surface area contributed by atoms with Gasteiger partial charge in [-0.15, -0.1) is 21.5 Å². The highest BCUT2D eigenvalue weighted by Gasteiger charge is 2.23. The number of ether oxygens (including phenoxy) is 1. The molecule has 168 valence electrons. The highest BCUT2D eigenvalue weighted by molar-refractivity contribution is 8.00. The van der Waals surface area contributed by atoms with Crippen molar-refractivity contribution in [2.45, 2.75) is 17.3 Å². The number of rotatable bonds is 8. The van der Waals surface area contributed by atoms with Crippen molar-refractivity contribution in [1.82, 2.24) is 14.8 Å². The maximum atomic E-state index is 12.9. The first-order chi connectivity index (χ1) is 16.0. The molecule has 0 bridgehead atoms. The predicted molar refractivity (Wildman–Crippen MR) is 128 cm³/mol. The van der Waals surface area contributed by atoms with Gasteiger partial charge in [0.05, 0.1) is 27.8 Å².